The van der Waals surface area contributed by atoms with E-state index in [4.69, 9.17) is 11.6 Å². The van der Waals surface area contributed by atoms with Gasteiger partial charge in [0.1, 0.15) is 5.82 Å². The average Bonchev–Trinajstić information content (AvgIpc) is 2.17. The highest BCUT2D eigenvalue weighted by molar-refractivity contribution is 6.17. The maximum absolute atomic E-state index is 12.2. The summed E-state index contributed by atoms with van der Waals surface area (Å²) in [6.45, 7) is 1.89. The van der Waals surface area contributed by atoms with Crippen molar-refractivity contribution in [3.8, 4) is 0 Å². The second kappa shape index (κ2) is 5.39. The van der Waals surface area contributed by atoms with Gasteiger partial charge in [-0.25, -0.2) is 4.98 Å². The average molecular weight is 253 g/mol. The molecule has 0 saturated heterocycles. The van der Waals surface area contributed by atoms with E-state index in [-0.39, 0.29) is 6.04 Å². The van der Waals surface area contributed by atoms with Crippen LogP contribution in [0.3, 0.4) is 0 Å². The van der Waals surface area contributed by atoms with Gasteiger partial charge < -0.3 is 5.32 Å². The highest BCUT2D eigenvalue weighted by Crippen LogP contribution is 2.28. The molecular formula is C10H12ClF3N2. The molecule has 0 aliphatic carbocycles. The molecule has 0 spiro atoms. The van der Waals surface area contributed by atoms with Gasteiger partial charge in [-0.1, -0.05) is 0 Å². The molecular weight excluding hydrogens is 241 g/mol. The highest BCUT2D eigenvalue weighted by atomic mass is 35.5. The van der Waals surface area contributed by atoms with Gasteiger partial charge in [-0.2, -0.15) is 13.2 Å². The number of hydrogen-bond donors (Lipinski definition) is 1. The fourth-order valence-electron chi connectivity index (χ4n) is 1.14. The topological polar surface area (TPSA) is 24.9 Å². The molecule has 90 valence electrons. The van der Waals surface area contributed by atoms with Crippen LogP contribution in [0.2, 0.25) is 0 Å². The van der Waals surface area contributed by atoms with Gasteiger partial charge in [0.25, 0.3) is 0 Å². The summed E-state index contributed by atoms with van der Waals surface area (Å²) in [6, 6.07) is 2.40. The van der Waals surface area contributed by atoms with Crippen molar-refractivity contribution in [1.29, 1.82) is 0 Å². The van der Waals surface area contributed by atoms with Crippen LogP contribution in [0.25, 0.3) is 0 Å². The molecule has 1 heterocycles. The smallest absolute Gasteiger partial charge is 0.368 e. The first-order valence-electron chi connectivity index (χ1n) is 4.79. The van der Waals surface area contributed by atoms with E-state index in [0.29, 0.717) is 11.7 Å². The Labute approximate surface area is 96.8 Å². The molecule has 0 bridgehead atoms. The molecule has 0 fully saturated rings. The van der Waals surface area contributed by atoms with E-state index in [9.17, 15) is 13.2 Å². The van der Waals surface area contributed by atoms with E-state index < -0.39 is 11.7 Å². The zero-order valence-electron chi connectivity index (χ0n) is 8.68. The minimum Gasteiger partial charge on any atom is -0.368 e. The Bertz CT molecular complexity index is 324. The summed E-state index contributed by atoms with van der Waals surface area (Å²) in [5, 5.41) is 2.96. The fourth-order valence-corrected chi connectivity index (χ4v) is 1.46. The summed E-state index contributed by atoms with van der Waals surface area (Å²) in [5.41, 5.74) is -0.747. The Morgan fingerprint density at radius 1 is 1.44 bits per heavy atom. The van der Waals surface area contributed by atoms with Crippen molar-refractivity contribution in [2.45, 2.75) is 25.6 Å². The molecule has 1 atom stereocenters. The van der Waals surface area contributed by atoms with Crippen LogP contribution in [-0.4, -0.2) is 16.9 Å². The Balaban J connectivity index is 2.65. The number of pyridine rings is 1. The molecule has 2 nitrogen and oxygen atoms in total. The number of alkyl halides is 4. The lowest BCUT2D eigenvalue weighted by Crippen LogP contribution is -2.16. The number of nitrogens with one attached hydrogen (secondary N) is 1. The zero-order valence-corrected chi connectivity index (χ0v) is 9.44. The number of rotatable bonds is 4. The van der Waals surface area contributed by atoms with E-state index >= 15 is 0 Å². The van der Waals surface area contributed by atoms with Crippen molar-refractivity contribution >= 4 is 17.4 Å². The second-order valence-corrected chi connectivity index (χ2v) is 3.83. The largest absolute Gasteiger partial charge is 0.417 e. The van der Waals surface area contributed by atoms with Crippen molar-refractivity contribution in [3.05, 3.63) is 23.9 Å². The monoisotopic (exact) mass is 252 g/mol. The van der Waals surface area contributed by atoms with E-state index in [0.717, 1.165) is 18.7 Å². The summed E-state index contributed by atoms with van der Waals surface area (Å²) in [4.78, 5) is 3.69. The van der Waals surface area contributed by atoms with Crippen LogP contribution >= 0.6 is 11.6 Å². The fraction of sp³-hybridized carbons (Fsp3) is 0.500. The quantitative estimate of drug-likeness (QED) is 0.830. The summed E-state index contributed by atoms with van der Waals surface area (Å²) < 4.78 is 36.7. The summed E-state index contributed by atoms with van der Waals surface area (Å²) in [5.74, 6) is 0.917. The van der Waals surface area contributed by atoms with Gasteiger partial charge in [0.05, 0.1) is 5.56 Å². The van der Waals surface area contributed by atoms with Gasteiger partial charge in [-0.05, 0) is 25.5 Å². The predicted octanol–water partition coefficient (Wildman–Crippen LogP) is 3.53. The molecule has 0 aliphatic heterocycles. The van der Waals surface area contributed by atoms with Crippen molar-refractivity contribution in [2.75, 3.05) is 11.2 Å². The van der Waals surface area contributed by atoms with Crippen LogP contribution in [0, 0.1) is 0 Å². The maximum atomic E-state index is 12.2. The van der Waals surface area contributed by atoms with E-state index in [1.165, 1.54) is 6.07 Å². The number of anilines is 1. The molecule has 0 aromatic carbocycles. The van der Waals surface area contributed by atoms with Crippen LogP contribution in [-0.2, 0) is 6.18 Å². The van der Waals surface area contributed by atoms with E-state index in [1.54, 1.807) is 0 Å². The van der Waals surface area contributed by atoms with Gasteiger partial charge in [-0.15, -0.1) is 11.6 Å². The summed E-state index contributed by atoms with van der Waals surface area (Å²) in [6.07, 6.45) is -2.80. The van der Waals surface area contributed by atoms with Crippen LogP contribution < -0.4 is 5.32 Å². The van der Waals surface area contributed by atoms with Crippen molar-refractivity contribution in [2.24, 2.45) is 0 Å². The Hall–Kier alpha value is -0.970. The molecule has 0 amide bonds. The normalized spacial score (nSPS) is 13.6. The van der Waals surface area contributed by atoms with Crippen molar-refractivity contribution in [1.82, 2.24) is 4.98 Å². The molecule has 0 saturated carbocycles. The second-order valence-electron chi connectivity index (χ2n) is 3.45. The first kappa shape index (κ1) is 13.1. The molecule has 6 heteroatoms. The SMILES string of the molecule is CC(CCCl)Nc1ccc(C(F)(F)F)cn1. The lowest BCUT2D eigenvalue weighted by Gasteiger charge is -2.13. The Morgan fingerprint density at radius 2 is 2.12 bits per heavy atom. The summed E-state index contributed by atoms with van der Waals surface area (Å²) >= 11 is 5.54. The standard InChI is InChI=1S/C10H12ClF3N2/c1-7(4-5-11)16-9-3-2-8(6-15-9)10(12,13)14/h2-3,6-7H,4-5H2,1H3,(H,15,16). The van der Waals surface area contributed by atoms with Gasteiger partial charge in [0.2, 0.25) is 0 Å². The van der Waals surface area contributed by atoms with Gasteiger partial charge in [-0.3, -0.25) is 0 Å². The highest BCUT2D eigenvalue weighted by Gasteiger charge is 2.30. The van der Waals surface area contributed by atoms with Crippen LogP contribution in [0.1, 0.15) is 18.9 Å². The van der Waals surface area contributed by atoms with Crippen molar-refractivity contribution in [3.63, 3.8) is 0 Å². The molecule has 0 radical (unpaired) electrons. The third kappa shape index (κ3) is 3.89. The molecule has 1 rings (SSSR count). The van der Waals surface area contributed by atoms with Crippen molar-refractivity contribution < 1.29 is 13.2 Å². The Kier molecular flexibility index (Phi) is 4.41. The van der Waals surface area contributed by atoms with Gasteiger partial charge >= 0.3 is 6.18 Å². The lowest BCUT2D eigenvalue weighted by molar-refractivity contribution is -0.137. The van der Waals surface area contributed by atoms with E-state index in [1.807, 2.05) is 6.92 Å². The van der Waals surface area contributed by atoms with E-state index in [2.05, 4.69) is 10.3 Å². The van der Waals surface area contributed by atoms with Crippen LogP contribution in [0.5, 0.6) is 0 Å². The molecule has 0 aliphatic rings. The summed E-state index contributed by atoms with van der Waals surface area (Å²) in [7, 11) is 0. The predicted molar refractivity (Wildman–Crippen MR) is 57.7 cm³/mol. The van der Waals surface area contributed by atoms with Gasteiger partial charge in [0, 0.05) is 18.1 Å². The number of hydrogen-bond acceptors (Lipinski definition) is 2. The zero-order chi connectivity index (χ0) is 12.2. The maximum Gasteiger partial charge on any atom is 0.417 e. The molecule has 1 aromatic rings. The Morgan fingerprint density at radius 3 is 2.56 bits per heavy atom. The molecule has 16 heavy (non-hydrogen) atoms. The van der Waals surface area contributed by atoms with Gasteiger partial charge in [0.15, 0.2) is 0 Å². The number of halogens is 4. The van der Waals surface area contributed by atoms with Crippen LogP contribution in [0.4, 0.5) is 19.0 Å². The van der Waals surface area contributed by atoms with Crippen LogP contribution in [0.15, 0.2) is 18.3 Å². The minimum absolute atomic E-state index is 0.0849. The number of nitrogens with zero attached hydrogens (tertiary/aromatic N) is 1. The minimum atomic E-state index is -4.34. The molecule has 1 aromatic heterocycles. The first-order valence-corrected chi connectivity index (χ1v) is 5.32. The lowest BCUT2D eigenvalue weighted by atomic mass is 10.2. The third-order valence-corrected chi connectivity index (χ3v) is 2.25. The molecule has 1 N–H and O–H groups in total. The third-order valence-electron chi connectivity index (χ3n) is 2.03. The molecule has 1 unspecified atom stereocenters. The first-order chi connectivity index (χ1) is 7.43. The number of aromatic nitrogens is 1.